The Hall–Kier alpha value is -3.46. The molecule has 8 heteroatoms. The molecule has 1 aliphatic rings. The van der Waals surface area contributed by atoms with E-state index in [1.54, 1.807) is 24.3 Å². The predicted octanol–water partition coefficient (Wildman–Crippen LogP) is 2.69. The van der Waals surface area contributed by atoms with Crippen molar-refractivity contribution in [3.05, 3.63) is 76.9 Å². The van der Waals surface area contributed by atoms with Gasteiger partial charge in [-0.1, -0.05) is 18.2 Å². The van der Waals surface area contributed by atoms with Gasteiger partial charge in [-0.05, 0) is 59.8 Å². The Morgan fingerprint density at radius 3 is 2.27 bits per heavy atom. The zero-order valence-electron chi connectivity index (χ0n) is 18.3. The second kappa shape index (κ2) is 9.58. The standard InChI is InChI=1S/C25H26N2O6/c1-26-8-10-27(11-9-26)15-33-25(32)19-7-6-18-14-22(28)21(13-20(18)12-19)23(29)16-2-4-17(5-3-16)24(30)31/h2-7,12-14,23,28-29H,8-11,15H2,1H3,(H,30,31). The van der Waals surface area contributed by atoms with Crippen molar-refractivity contribution in [2.24, 2.45) is 0 Å². The molecule has 0 radical (unpaired) electrons. The van der Waals surface area contributed by atoms with Crippen molar-refractivity contribution in [2.45, 2.75) is 6.10 Å². The number of benzene rings is 3. The number of carbonyl (C=O) groups is 2. The summed E-state index contributed by atoms with van der Waals surface area (Å²) in [5.41, 5.74) is 1.19. The fourth-order valence-electron chi connectivity index (χ4n) is 3.85. The van der Waals surface area contributed by atoms with E-state index in [4.69, 9.17) is 9.84 Å². The van der Waals surface area contributed by atoms with Gasteiger partial charge in [0.1, 0.15) is 18.6 Å². The van der Waals surface area contributed by atoms with Crippen LogP contribution in [0, 0.1) is 0 Å². The van der Waals surface area contributed by atoms with Gasteiger partial charge in [0.05, 0.1) is 11.1 Å². The fourth-order valence-corrected chi connectivity index (χ4v) is 3.85. The van der Waals surface area contributed by atoms with Crippen LogP contribution in [-0.4, -0.2) is 77.0 Å². The lowest BCUT2D eigenvalue weighted by molar-refractivity contribution is 0.0102. The van der Waals surface area contributed by atoms with Crippen LogP contribution in [-0.2, 0) is 4.74 Å². The smallest absolute Gasteiger partial charge is 0.339 e. The molecule has 4 rings (SSSR count). The molecule has 0 spiro atoms. The number of phenolic OH excluding ortho intramolecular Hbond substituents is 1. The van der Waals surface area contributed by atoms with Crippen LogP contribution in [0.15, 0.2) is 54.6 Å². The number of rotatable bonds is 6. The third kappa shape index (κ3) is 5.14. The number of hydrogen-bond donors (Lipinski definition) is 3. The van der Waals surface area contributed by atoms with Crippen molar-refractivity contribution in [3.8, 4) is 5.75 Å². The summed E-state index contributed by atoms with van der Waals surface area (Å²) in [6, 6.07) is 14.0. The molecule has 0 saturated carbocycles. The van der Waals surface area contributed by atoms with E-state index in [9.17, 15) is 19.8 Å². The number of aliphatic hydroxyl groups is 1. The zero-order valence-corrected chi connectivity index (χ0v) is 18.3. The highest BCUT2D eigenvalue weighted by Crippen LogP contribution is 2.33. The summed E-state index contributed by atoms with van der Waals surface area (Å²) >= 11 is 0. The van der Waals surface area contributed by atoms with Gasteiger partial charge >= 0.3 is 11.9 Å². The summed E-state index contributed by atoms with van der Waals surface area (Å²) < 4.78 is 5.47. The van der Waals surface area contributed by atoms with Crippen LogP contribution in [0.5, 0.6) is 5.75 Å². The number of nitrogens with zero attached hydrogens (tertiary/aromatic N) is 2. The van der Waals surface area contributed by atoms with Crippen molar-refractivity contribution in [2.75, 3.05) is 40.0 Å². The number of carbonyl (C=O) groups excluding carboxylic acids is 1. The second-order valence-electron chi connectivity index (χ2n) is 8.28. The van der Waals surface area contributed by atoms with Gasteiger partial charge in [-0.2, -0.15) is 0 Å². The van der Waals surface area contributed by atoms with E-state index >= 15 is 0 Å². The Morgan fingerprint density at radius 2 is 1.61 bits per heavy atom. The van der Waals surface area contributed by atoms with Gasteiger partial charge in [0.15, 0.2) is 0 Å². The summed E-state index contributed by atoms with van der Waals surface area (Å²) in [5.74, 6) is -1.59. The van der Waals surface area contributed by atoms with Crippen LogP contribution < -0.4 is 0 Å². The highest BCUT2D eigenvalue weighted by molar-refractivity contribution is 5.96. The van der Waals surface area contributed by atoms with Gasteiger partial charge in [-0.3, -0.25) is 4.90 Å². The Balaban J connectivity index is 1.53. The molecule has 1 fully saturated rings. The molecule has 0 aromatic heterocycles. The minimum Gasteiger partial charge on any atom is -0.508 e. The minimum atomic E-state index is -1.16. The largest absolute Gasteiger partial charge is 0.508 e. The van der Waals surface area contributed by atoms with Crippen molar-refractivity contribution in [3.63, 3.8) is 0 Å². The maximum Gasteiger partial charge on any atom is 0.339 e. The molecule has 3 N–H and O–H groups in total. The normalized spacial score (nSPS) is 15.9. The monoisotopic (exact) mass is 450 g/mol. The van der Waals surface area contributed by atoms with Gasteiger partial charge < -0.3 is 25.0 Å². The molecule has 33 heavy (non-hydrogen) atoms. The molecule has 172 valence electrons. The van der Waals surface area contributed by atoms with E-state index in [0.717, 1.165) is 26.2 Å². The minimum absolute atomic E-state index is 0.0947. The second-order valence-corrected chi connectivity index (χ2v) is 8.28. The summed E-state index contributed by atoms with van der Waals surface area (Å²) in [6.45, 7) is 3.78. The van der Waals surface area contributed by atoms with Gasteiger partial charge in [-0.25, -0.2) is 9.59 Å². The van der Waals surface area contributed by atoms with E-state index in [2.05, 4.69) is 16.8 Å². The zero-order chi connectivity index (χ0) is 23.5. The molecule has 0 bridgehead atoms. The summed E-state index contributed by atoms with van der Waals surface area (Å²) in [6.07, 6.45) is -1.16. The Labute approximate surface area is 191 Å². The lowest BCUT2D eigenvalue weighted by Crippen LogP contribution is -2.45. The first kappa shape index (κ1) is 22.7. The first-order valence-corrected chi connectivity index (χ1v) is 10.7. The molecular weight excluding hydrogens is 424 g/mol. The third-order valence-corrected chi connectivity index (χ3v) is 5.96. The van der Waals surface area contributed by atoms with Crippen molar-refractivity contribution < 1.29 is 29.6 Å². The van der Waals surface area contributed by atoms with Crippen molar-refractivity contribution in [1.82, 2.24) is 9.80 Å². The van der Waals surface area contributed by atoms with E-state index in [1.807, 2.05) is 0 Å². The maximum absolute atomic E-state index is 12.6. The molecule has 1 heterocycles. The van der Waals surface area contributed by atoms with E-state index in [-0.39, 0.29) is 23.6 Å². The van der Waals surface area contributed by atoms with E-state index in [1.165, 1.54) is 30.3 Å². The Morgan fingerprint density at radius 1 is 0.939 bits per heavy atom. The predicted molar refractivity (Wildman–Crippen MR) is 122 cm³/mol. The molecule has 8 nitrogen and oxygen atoms in total. The number of piperazine rings is 1. The molecule has 3 aromatic carbocycles. The van der Waals surface area contributed by atoms with Gasteiger partial charge in [-0.15, -0.1) is 0 Å². The highest BCUT2D eigenvalue weighted by Gasteiger charge is 2.19. The average Bonchev–Trinajstić information content (AvgIpc) is 2.82. The maximum atomic E-state index is 12.6. The van der Waals surface area contributed by atoms with Gasteiger partial charge in [0, 0.05) is 31.7 Å². The fraction of sp³-hybridized carbons (Fsp3) is 0.280. The number of fused-ring (bicyclic) bond motifs is 1. The number of carboxylic acids is 1. The van der Waals surface area contributed by atoms with Gasteiger partial charge in [0.25, 0.3) is 0 Å². The molecule has 1 atom stereocenters. The highest BCUT2D eigenvalue weighted by atomic mass is 16.5. The number of aliphatic hydroxyl groups excluding tert-OH is 1. The van der Waals surface area contributed by atoms with Crippen molar-refractivity contribution >= 4 is 22.7 Å². The molecular formula is C25H26N2O6. The lowest BCUT2D eigenvalue weighted by Gasteiger charge is -2.31. The lowest BCUT2D eigenvalue weighted by atomic mass is 9.96. The molecule has 1 unspecified atom stereocenters. The molecule has 1 saturated heterocycles. The van der Waals surface area contributed by atoms with Crippen LogP contribution in [0.1, 0.15) is 37.9 Å². The number of esters is 1. The summed E-state index contributed by atoms with van der Waals surface area (Å²) in [4.78, 5) is 27.9. The van der Waals surface area contributed by atoms with Gasteiger partial charge in [0.2, 0.25) is 0 Å². The third-order valence-electron chi connectivity index (χ3n) is 5.96. The number of aromatic carboxylic acids is 1. The first-order chi connectivity index (χ1) is 15.8. The quantitative estimate of drug-likeness (QED) is 0.492. The molecule has 0 aliphatic carbocycles. The molecule has 3 aromatic rings. The number of ether oxygens (including phenoxy) is 1. The SMILES string of the molecule is CN1CCN(COC(=O)c2ccc3cc(O)c(C(O)c4ccc(C(=O)O)cc4)cc3c2)CC1. The van der Waals surface area contributed by atoms with Crippen LogP contribution in [0.3, 0.4) is 0 Å². The van der Waals surface area contributed by atoms with Crippen LogP contribution >= 0.6 is 0 Å². The number of carboxylic acid groups (broad SMARTS) is 1. The van der Waals surface area contributed by atoms with Crippen LogP contribution in [0.2, 0.25) is 0 Å². The van der Waals surface area contributed by atoms with Crippen LogP contribution in [0.25, 0.3) is 10.8 Å². The first-order valence-electron chi connectivity index (χ1n) is 10.7. The Kier molecular flexibility index (Phi) is 6.60. The van der Waals surface area contributed by atoms with Crippen LogP contribution in [0.4, 0.5) is 0 Å². The molecule has 1 aliphatic heterocycles. The number of aromatic hydroxyl groups is 1. The Bertz CT molecular complexity index is 1170. The van der Waals surface area contributed by atoms with E-state index in [0.29, 0.717) is 21.9 Å². The molecule has 0 amide bonds. The summed E-state index contributed by atoms with van der Waals surface area (Å²) in [5, 5.41) is 31.6. The number of phenols is 1. The van der Waals surface area contributed by atoms with Crippen molar-refractivity contribution in [1.29, 1.82) is 0 Å². The summed E-state index contributed by atoms with van der Waals surface area (Å²) in [7, 11) is 2.06. The topological polar surface area (TPSA) is 111 Å². The van der Waals surface area contributed by atoms with E-state index < -0.39 is 18.0 Å². The number of hydrogen-bond acceptors (Lipinski definition) is 7. The number of likely N-dealkylation sites (N-methyl/N-ethyl adjacent to an activating group) is 1. The average molecular weight is 450 g/mol.